The molecule has 168 valence electrons. The van der Waals surface area contributed by atoms with Crippen molar-refractivity contribution >= 4 is 29.2 Å². The van der Waals surface area contributed by atoms with Crippen LogP contribution in [0.15, 0.2) is 65.0 Å². The molecule has 3 N–H and O–H groups in total. The van der Waals surface area contributed by atoms with Crippen LogP contribution >= 0.6 is 11.8 Å². The fourth-order valence-electron chi connectivity index (χ4n) is 5.26. The minimum Gasteiger partial charge on any atom is -0.372 e. The summed E-state index contributed by atoms with van der Waals surface area (Å²) in [5.74, 6) is 1.78. The van der Waals surface area contributed by atoms with E-state index >= 15 is 0 Å². The van der Waals surface area contributed by atoms with Crippen LogP contribution in [0.5, 0.6) is 0 Å². The SMILES string of the molecule is CNc1ncccc1Sc1cnc(N2CCC3(CC2)Cc2ncccc2[C@H]3N)n2ccnc12. The molecule has 9 heteroatoms. The monoisotopic (exact) mass is 458 g/mol. The Labute approximate surface area is 196 Å². The summed E-state index contributed by atoms with van der Waals surface area (Å²) in [6.45, 7) is 1.84. The zero-order chi connectivity index (χ0) is 22.4. The van der Waals surface area contributed by atoms with Gasteiger partial charge < -0.3 is 16.0 Å². The van der Waals surface area contributed by atoms with Gasteiger partial charge in [0.05, 0.1) is 9.79 Å². The summed E-state index contributed by atoms with van der Waals surface area (Å²) in [7, 11) is 1.88. The smallest absolute Gasteiger partial charge is 0.211 e. The van der Waals surface area contributed by atoms with E-state index in [1.165, 1.54) is 11.3 Å². The number of nitrogens with two attached hydrogens (primary N) is 1. The lowest BCUT2D eigenvalue weighted by Crippen LogP contribution is -2.45. The molecule has 5 heterocycles. The fraction of sp³-hybridized carbons (Fsp3) is 0.333. The summed E-state index contributed by atoms with van der Waals surface area (Å²) < 4.78 is 2.10. The summed E-state index contributed by atoms with van der Waals surface area (Å²) in [6, 6.07) is 8.20. The average Bonchev–Trinajstić information content (AvgIpc) is 3.45. The second kappa shape index (κ2) is 8.00. The van der Waals surface area contributed by atoms with Gasteiger partial charge in [-0.3, -0.25) is 9.38 Å². The predicted molar refractivity (Wildman–Crippen MR) is 130 cm³/mol. The van der Waals surface area contributed by atoms with Crippen LogP contribution in [-0.2, 0) is 6.42 Å². The maximum Gasteiger partial charge on any atom is 0.211 e. The number of anilines is 2. The third kappa shape index (κ3) is 3.34. The van der Waals surface area contributed by atoms with Crippen molar-refractivity contribution in [1.29, 1.82) is 0 Å². The standard InChI is InChI=1S/C24H26N8S/c1-26-21-18(5-3-9-28-21)33-19-15-30-23(32-13-10-29-22(19)32)31-11-6-24(7-12-31)14-17-16(20(24)25)4-2-8-27-17/h2-5,8-10,13,15,20H,6-7,11-12,14,25H2,1H3,(H,26,28)/t20-/m1/s1. The fourth-order valence-corrected chi connectivity index (χ4v) is 6.25. The van der Waals surface area contributed by atoms with E-state index in [9.17, 15) is 0 Å². The van der Waals surface area contributed by atoms with Gasteiger partial charge in [0.2, 0.25) is 5.95 Å². The van der Waals surface area contributed by atoms with Gasteiger partial charge in [0.1, 0.15) is 5.82 Å². The second-order valence-electron chi connectivity index (χ2n) is 8.79. The lowest BCUT2D eigenvalue weighted by molar-refractivity contribution is 0.186. The molecule has 8 nitrogen and oxygen atoms in total. The molecule has 0 radical (unpaired) electrons. The van der Waals surface area contributed by atoms with E-state index < -0.39 is 0 Å². The van der Waals surface area contributed by atoms with E-state index in [1.807, 2.05) is 44.0 Å². The highest BCUT2D eigenvalue weighted by molar-refractivity contribution is 7.99. The van der Waals surface area contributed by atoms with Gasteiger partial charge in [0.15, 0.2) is 5.65 Å². The van der Waals surface area contributed by atoms with E-state index in [1.54, 1.807) is 18.0 Å². The van der Waals surface area contributed by atoms with Gasteiger partial charge in [-0.25, -0.2) is 15.0 Å². The molecule has 1 atom stereocenters. The van der Waals surface area contributed by atoms with Crippen LogP contribution in [0.25, 0.3) is 5.65 Å². The predicted octanol–water partition coefficient (Wildman–Crippen LogP) is 3.55. The molecule has 1 aliphatic heterocycles. The average molecular weight is 459 g/mol. The first-order chi connectivity index (χ1) is 16.2. The molecule has 4 aromatic heterocycles. The van der Waals surface area contributed by atoms with Crippen LogP contribution in [0.1, 0.15) is 30.1 Å². The summed E-state index contributed by atoms with van der Waals surface area (Å²) in [5.41, 5.74) is 10.1. The molecule has 2 aliphatic rings. The normalized spacial score (nSPS) is 19.2. The van der Waals surface area contributed by atoms with E-state index in [-0.39, 0.29) is 11.5 Å². The summed E-state index contributed by atoms with van der Waals surface area (Å²) in [6.07, 6.45) is 12.5. The number of pyridine rings is 2. The second-order valence-corrected chi connectivity index (χ2v) is 9.87. The van der Waals surface area contributed by atoms with Gasteiger partial charge in [0, 0.05) is 62.9 Å². The first kappa shape index (κ1) is 20.4. The highest BCUT2D eigenvalue weighted by atomic mass is 32.2. The van der Waals surface area contributed by atoms with Crippen molar-refractivity contribution in [3.8, 4) is 0 Å². The summed E-state index contributed by atoms with van der Waals surface area (Å²) >= 11 is 1.62. The molecule has 33 heavy (non-hydrogen) atoms. The highest BCUT2D eigenvalue weighted by Crippen LogP contribution is 2.50. The van der Waals surface area contributed by atoms with E-state index in [2.05, 4.69) is 41.7 Å². The maximum absolute atomic E-state index is 6.73. The molecule has 1 spiro atoms. The largest absolute Gasteiger partial charge is 0.372 e. The van der Waals surface area contributed by atoms with Gasteiger partial charge >= 0.3 is 0 Å². The lowest BCUT2D eigenvalue weighted by atomic mass is 9.73. The Morgan fingerprint density at radius 3 is 2.67 bits per heavy atom. The van der Waals surface area contributed by atoms with Crippen molar-refractivity contribution < 1.29 is 0 Å². The number of fused-ring (bicyclic) bond motifs is 2. The minimum absolute atomic E-state index is 0.0594. The van der Waals surface area contributed by atoms with Crippen molar-refractivity contribution in [3.63, 3.8) is 0 Å². The topological polar surface area (TPSA) is 97.3 Å². The number of aromatic nitrogens is 5. The third-order valence-electron chi connectivity index (χ3n) is 7.08. The van der Waals surface area contributed by atoms with Gasteiger partial charge in [0.25, 0.3) is 0 Å². The highest BCUT2D eigenvalue weighted by Gasteiger charge is 2.46. The van der Waals surface area contributed by atoms with Crippen LogP contribution in [0.3, 0.4) is 0 Å². The number of imidazole rings is 1. The molecule has 4 aromatic rings. The zero-order valence-corrected chi connectivity index (χ0v) is 19.3. The van der Waals surface area contributed by atoms with Gasteiger partial charge in [-0.2, -0.15) is 0 Å². The van der Waals surface area contributed by atoms with Crippen LogP contribution < -0.4 is 16.0 Å². The Balaban J connectivity index is 1.25. The first-order valence-electron chi connectivity index (χ1n) is 11.3. The van der Waals surface area contributed by atoms with E-state index in [0.29, 0.717) is 0 Å². The van der Waals surface area contributed by atoms with Crippen LogP contribution in [0.4, 0.5) is 11.8 Å². The molecule has 0 unspecified atom stereocenters. The molecule has 1 saturated heterocycles. The third-order valence-corrected chi connectivity index (χ3v) is 8.14. The number of hydrogen-bond donors (Lipinski definition) is 2. The molecule has 0 aromatic carbocycles. The van der Waals surface area contributed by atoms with Crippen molar-refractivity contribution in [3.05, 3.63) is 66.5 Å². The lowest BCUT2D eigenvalue weighted by Gasteiger charge is -2.42. The molecule has 0 bridgehead atoms. The van der Waals surface area contributed by atoms with E-state index in [4.69, 9.17) is 10.7 Å². The molecule has 6 rings (SSSR count). The number of nitrogens with zero attached hydrogens (tertiary/aromatic N) is 6. The molecule has 0 amide bonds. The Morgan fingerprint density at radius 2 is 1.85 bits per heavy atom. The molecule has 1 fully saturated rings. The number of piperidine rings is 1. The Kier molecular flexibility index (Phi) is 4.95. The number of nitrogens with one attached hydrogen (secondary N) is 1. The van der Waals surface area contributed by atoms with Gasteiger partial charge in [-0.1, -0.05) is 17.8 Å². The molecular formula is C24H26N8S. The maximum atomic E-state index is 6.73. The van der Waals surface area contributed by atoms with Crippen LogP contribution in [-0.4, -0.2) is 44.5 Å². The van der Waals surface area contributed by atoms with Crippen LogP contribution in [0.2, 0.25) is 0 Å². The molecular weight excluding hydrogens is 432 g/mol. The van der Waals surface area contributed by atoms with Crippen molar-refractivity contribution in [2.45, 2.75) is 35.1 Å². The Bertz CT molecular complexity index is 1310. The van der Waals surface area contributed by atoms with Gasteiger partial charge in [-0.05, 0) is 48.4 Å². The summed E-state index contributed by atoms with van der Waals surface area (Å²) in [5, 5.41) is 3.15. The Hall–Kier alpha value is -3.17. The summed E-state index contributed by atoms with van der Waals surface area (Å²) in [4.78, 5) is 22.9. The number of hydrogen-bond acceptors (Lipinski definition) is 8. The quantitative estimate of drug-likeness (QED) is 0.479. The molecule has 1 aliphatic carbocycles. The Morgan fingerprint density at radius 1 is 1.03 bits per heavy atom. The van der Waals surface area contributed by atoms with Crippen molar-refractivity contribution in [2.75, 3.05) is 30.4 Å². The molecule has 0 saturated carbocycles. The van der Waals surface area contributed by atoms with Gasteiger partial charge in [-0.15, -0.1) is 0 Å². The van der Waals surface area contributed by atoms with Crippen LogP contribution in [0, 0.1) is 5.41 Å². The number of rotatable bonds is 4. The minimum atomic E-state index is 0.0594. The van der Waals surface area contributed by atoms with E-state index in [0.717, 1.165) is 59.6 Å². The first-order valence-corrected chi connectivity index (χ1v) is 12.1. The van der Waals surface area contributed by atoms with Crippen molar-refractivity contribution in [1.82, 2.24) is 24.3 Å². The van der Waals surface area contributed by atoms with Crippen molar-refractivity contribution in [2.24, 2.45) is 11.1 Å². The zero-order valence-electron chi connectivity index (χ0n) is 18.5.